The van der Waals surface area contributed by atoms with Crippen LogP contribution in [0.15, 0.2) is 47.6 Å². The van der Waals surface area contributed by atoms with Crippen molar-refractivity contribution in [1.29, 1.82) is 0 Å². The molecule has 1 heterocycles. The fraction of sp³-hybridized carbons (Fsp3) is 0.381. The summed E-state index contributed by atoms with van der Waals surface area (Å²) in [6.07, 6.45) is 1.73. The standard InChI is InChI=1S/C21H27N3O2/c1-3-26-20-6-4-5-19(21(20)25)15-22-24-13-11-23(12-14-24)16-18-9-7-17(2)8-10-18/h4-10,15,25H,3,11-14,16H2,1-2H3/p+1/b22-15+. The van der Waals surface area contributed by atoms with Gasteiger partial charge in [-0.1, -0.05) is 35.9 Å². The van der Waals surface area contributed by atoms with Crippen LogP contribution in [0.4, 0.5) is 0 Å². The predicted molar refractivity (Wildman–Crippen MR) is 104 cm³/mol. The first-order valence-corrected chi connectivity index (χ1v) is 9.28. The van der Waals surface area contributed by atoms with Crippen molar-refractivity contribution in [3.05, 3.63) is 59.2 Å². The average Bonchev–Trinajstić information content (AvgIpc) is 2.66. The molecule has 0 aliphatic carbocycles. The van der Waals surface area contributed by atoms with E-state index in [1.807, 2.05) is 19.1 Å². The van der Waals surface area contributed by atoms with E-state index in [4.69, 9.17) is 4.74 Å². The van der Waals surface area contributed by atoms with E-state index in [-0.39, 0.29) is 5.75 Å². The summed E-state index contributed by atoms with van der Waals surface area (Å²) in [5.74, 6) is 0.658. The number of hydrogen-bond donors (Lipinski definition) is 2. The Morgan fingerprint density at radius 2 is 1.88 bits per heavy atom. The molecule has 1 fully saturated rings. The fourth-order valence-corrected chi connectivity index (χ4v) is 3.16. The average molecular weight is 354 g/mol. The molecule has 2 N–H and O–H groups in total. The number of nitrogens with one attached hydrogen (secondary N) is 1. The highest BCUT2D eigenvalue weighted by molar-refractivity contribution is 5.84. The number of phenolic OH excluding ortho intramolecular Hbond substituents is 1. The van der Waals surface area contributed by atoms with Crippen LogP contribution >= 0.6 is 0 Å². The zero-order valence-electron chi connectivity index (χ0n) is 15.6. The van der Waals surface area contributed by atoms with E-state index in [1.165, 1.54) is 11.1 Å². The highest BCUT2D eigenvalue weighted by Crippen LogP contribution is 2.28. The highest BCUT2D eigenvalue weighted by atomic mass is 16.5. The van der Waals surface area contributed by atoms with Crippen LogP contribution in [0.3, 0.4) is 0 Å². The molecule has 2 aromatic carbocycles. The fourth-order valence-electron chi connectivity index (χ4n) is 3.16. The van der Waals surface area contributed by atoms with Gasteiger partial charge in [0, 0.05) is 11.1 Å². The third-order valence-electron chi connectivity index (χ3n) is 4.71. The summed E-state index contributed by atoms with van der Waals surface area (Å²) in [6.45, 7) is 9.59. The summed E-state index contributed by atoms with van der Waals surface area (Å²) < 4.78 is 5.42. The second-order valence-electron chi connectivity index (χ2n) is 6.74. The molecule has 0 spiro atoms. The number of benzene rings is 2. The van der Waals surface area contributed by atoms with Gasteiger partial charge in [-0.05, 0) is 26.0 Å². The van der Waals surface area contributed by atoms with Crippen molar-refractivity contribution in [2.24, 2.45) is 5.10 Å². The number of ether oxygens (including phenoxy) is 1. The summed E-state index contributed by atoms with van der Waals surface area (Å²) in [7, 11) is 0. The molecule has 3 rings (SSSR count). The minimum Gasteiger partial charge on any atom is -0.504 e. The maximum absolute atomic E-state index is 10.2. The van der Waals surface area contributed by atoms with Gasteiger partial charge in [-0.25, -0.2) is 0 Å². The van der Waals surface area contributed by atoms with E-state index in [0.717, 1.165) is 32.7 Å². The number of quaternary nitrogens is 1. The maximum atomic E-state index is 10.2. The Bertz CT molecular complexity index is 735. The Kier molecular flexibility index (Phi) is 6.12. The Labute approximate surface area is 155 Å². The smallest absolute Gasteiger partial charge is 0.166 e. The Morgan fingerprint density at radius 3 is 2.58 bits per heavy atom. The lowest BCUT2D eigenvalue weighted by molar-refractivity contribution is -0.918. The van der Waals surface area contributed by atoms with Crippen molar-refractivity contribution < 1.29 is 14.7 Å². The second kappa shape index (κ2) is 8.72. The summed E-state index contributed by atoms with van der Waals surface area (Å²) in [4.78, 5) is 1.58. The first kappa shape index (κ1) is 18.3. The normalized spacial score (nSPS) is 15.5. The monoisotopic (exact) mass is 354 g/mol. The van der Waals surface area contributed by atoms with Gasteiger partial charge in [-0.2, -0.15) is 5.10 Å². The number of piperazine rings is 1. The van der Waals surface area contributed by atoms with E-state index in [9.17, 15) is 5.11 Å². The van der Waals surface area contributed by atoms with Crippen LogP contribution in [0.5, 0.6) is 11.5 Å². The number of aromatic hydroxyl groups is 1. The van der Waals surface area contributed by atoms with E-state index in [0.29, 0.717) is 17.9 Å². The lowest BCUT2D eigenvalue weighted by atomic mass is 10.1. The first-order chi connectivity index (χ1) is 12.7. The van der Waals surface area contributed by atoms with Crippen molar-refractivity contribution >= 4 is 6.21 Å². The molecule has 5 heteroatoms. The molecule has 0 radical (unpaired) electrons. The van der Waals surface area contributed by atoms with Crippen LogP contribution in [0.1, 0.15) is 23.6 Å². The summed E-state index contributed by atoms with van der Waals surface area (Å²) >= 11 is 0. The van der Waals surface area contributed by atoms with Gasteiger partial charge in [-0.3, -0.25) is 5.01 Å². The maximum Gasteiger partial charge on any atom is 0.166 e. The van der Waals surface area contributed by atoms with Crippen LogP contribution in [-0.2, 0) is 6.54 Å². The van der Waals surface area contributed by atoms with E-state index >= 15 is 0 Å². The van der Waals surface area contributed by atoms with Crippen molar-refractivity contribution in [2.45, 2.75) is 20.4 Å². The minimum atomic E-state index is 0.154. The molecule has 26 heavy (non-hydrogen) atoms. The molecule has 1 aliphatic heterocycles. The number of rotatable bonds is 6. The van der Waals surface area contributed by atoms with Gasteiger partial charge in [0.2, 0.25) is 0 Å². The van der Waals surface area contributed by atoms with Gasteiger partial charge in [0.1, 0.15) is 6.54 Å². The topological polar surface area (TPSA) is 49.5 Å². The second-order valence-corrected chi connectivity index (χ2v) is 6.74. The SMILES string of the molecule is CCOc1cccc(/C=N/N2CC[NH+](Cc3ccc(C)cc3)CC2)c1O. The van der Waals surface area contributed by atoms with E-state index in [1.54, 1.807) is 17.2 Å². The zero-order chi connectivity index (χ0) is 18.4. The molecular weight excluding hydrogens is 326 g/mol. The third-order valence-corrected chi connectivity index (χ3v) is 4.71. The summed E-state index contributed by atoms with van der Waals surface area (Å²) in [5.41, 5.74) is 3.38. The molecular formula is C21H28N3O2+. The highest BCUT2D eigenvalue weighted by Gasteiger charge is 2.18. The van der Waals surface area contributed by atoms with Crippen molar-refractivity contribution in [3.63, 3.8) is 0 Å². The van der Waals surface area contributed by atoms with E-state index < -0.39 is 0 Å². The lowest BCUT2D eigenvalue weighted by Gasteiger charge is -2.30. The van der Waals surface area contributed by atoms with Crippen LogP contribution < -0.4 is 9.64 Å². The van der Waals surface area contributed by atoms with Gasteiger partial charge in [-0.15, -0.1) is 0 Å². The van der Waals surface area contributed by atoms with Crippen LogP contribution in [0, 0.1) is 6.92 Å². The van der Waals surface area contributed by atoms with Crippen molar-refractivity contribution in [3.8, 4) is 11.5 Å². The lowest BCUT2D eigenvalue weighted by Crippen LogP contribution is -3.13. The van der Waals surface area contributed by atoms with Gasteiger partial charge < -0.3 is 14.7 Å². The molecule has 0 bridgehead atoms. The molecule has 138 valence electrons. The molecule has 0 saturated carbocycles. The number of phenols is 1. The molecule has 0 amide bonds. The van der Waals surface area contributed by atoms with Crippen molar-refractivity contribution in [1.82, 2.24) is 5.01 Å². The third kappa shape index (κ3) is 4.76. The van der Waals surface area contributed by atoms with Gasteiger partial charge >= 0.3 is 0 Å². The number of hydrogen-bond acceptors (Lipinski definition) is 4. The number of hydrazone groups is 1. The van der Waals surface area contributed by atoms with Gasteiger partial charge in [0.05, 0.1) is 39.0 Å². The largest absolute Gasteiger partial charge is 0.504 e. The van der Waals surface area contributed by atoms with Crippen molar-refractivity contribution in [2.75, 3.05) is 32.8 Å². The Balaban J connectivity index is 1.53. The van der Waals surface area contributed by atoms with Crippen LogP contribution in [-0.4, -0.2) is 49.1 Å². The molecule has 0 unspecified atom stereocenters. The molecule has 2 aromatic rings. The molecule has 1 aliphatic rings. The molecule has 0 aromatic heterocycles. The first-order valence-electron chi connectivity index (χ1n) is 9.28. The predicted octanol–water partition coefficient (Wildman–Crippen LogP) is 1.83. The molecule has 5 nitrogen and oxygen atoms in total. The van der Waals surface area contributed by atoms with Crippen LogP contribution in [0.2, 0.25) is 0 Å². The number of nitrogens with zero attached hydrogens (tertiary/aromatic N) is 2. The Morgan fingerprint density at radius 1 is 1.15 bits per heavy atom. The van der Waals surface area contributed by atoms with Crippen LogP contribution in [0.25, 0.3) is 0 Å². The minimum absolute atomic E-state index is 0.154. The molecule has 1 saturated heterocycles. The number of para-hydroxylation sites is 1. The summed E-state index contributed by atoms with van der Waals surface area (Å²) in [6, 6.07) is 14.3. The van der Waals surface area contributed by atoms with Gasteiger partial charge in [0.15, 0.2) is 11.5 Å². The Hall–Kier alpha value is -2.53. The van der Waals surface area contributed by atoms with Gasteiger partial charge in [0.25, 0.3) is 0 Å². The quantitative estimate of drug-likeness (QED) is 0.778. The number of aryl methyl sites for hydroxylation is 1. The molecule has 0 atom stereocenters. The summed E-state index contributed by atoms with van der Waals surface area (Å²) in [5, 5.41) is 16.9. The van der Waals surface area contributed by atoms with E-state index in [2.05, 4.69) is 41.3 Å². The zero-order valence-corrected chi connectivity index (χ0v) is 15.6.